The topological polar surface area (TPSA) is 45.7 Å². The third-order valence-corrected chi connectivity index (χ3v) is 5.50. The average Bonchev–Trinajstić information content (AvgIpc) is 3.45. The highest BCUT2D eigenvalue weighted by molar-refractivity contribution is 14.0. The van der Waals surface area contributed by atoms with Crippen LogP contribution in [0.4, 0.5) is 0 Å². The summed E-state index contributed by atoms with van der Waals surface area (Å²) < 4.78 is 5.76. The summed E-state index contributed by atoms with van der Waals surface area (Å²) in [4.78, 5) is 4.45. The predicted octanol–water partition coefficient (Wildman–Crippen LogP) is 4.32. The highest BCUT2D eigenvalue weighted by Crippen LogP contribution is 2.47. The molecule has 1 atom stereocenters. The van der Waals surface area contributed by atoms with E-state index in [1.807, 2.05) is 19.2 Å². The third kappa shape index (κ3) is 4.94. The first-order valence-corrected chi connectivity index (χ1v) is 9.51. The van der Waals surface area contributed by atoms with E-state index in [0.717, 1.165) is 37.7 Å². The molecule has 4 rings (SSSR count). The van der Waals surface area contributed by atoms with E-state index in [1.165, 1.54) is 24.0 Å². The zero-order valence-electron chi connectivity index (χ0n) is 15.8. The summed E-state index contributed by atoms with van der Waals surface area (Å²) in [5.41, 5.74) is 3.02. The van der Waals surface area contributed by atoms with E-state index in [-0.39, 0.29) is 30.0 Å². The number of guanidine groups is 1. The van der Waals surface area contributed by atoms with Crippen molar-refractivity contribution in [1.29, 1.82) is 0 Å². The molecular weight excluding hydrogens is 449 g/mol. The first kappa shape index (κ1) is 20.0. The average molecular weight is 477 g/mol. The molecule has 2 N–H and O–H groups in total. The summed E-state index contributed by atoms with van der Waals surface area (Å²) in [5.74, 6) is 1.86. The molecule has 0 spiro atoms. The lowest BCUT2D eigenvalue weighted by Gasteiger charge is -2.28. The van der Waals surface area contributed by atoms with Crippen LogP contribution in [0.1, 0.15) is 36.4 Å². The van der Waals surface area contributed by atoms with E-state index in [9.17, 15) is 0 Å². The molecule has 0 radical (unpaired) electrons. The van der Waals surface area contributed by atoms with Gasteiger partial charge in [-0.3, -0.25) is 4.99 Å². The molecule has 1 unspecified atom stereocenters. The normalized spacial score (nSPS) is 19.9. The Bertz CT molecular complexity index is 774. The molecule has 0 bridgehead atoms. The van der Waals surface area contributed by atoms with Gasteiger partial charge in [0.15, 0.2) is 5.96 Å². The van der Waals surface area contributed by atoms with Gasteiger partial charge in [0, 0.05) is 25.6 Å². The van der Waals surface area contributed by atoms with Crippen LogP contribution < -0.4 is 15.4 Å². The first-order chi connectivity index (χ1) is 12.8. The minimum Gasteiger partial charge on any atom is -0.493 e. The first-order valence-electron chi connectivity index (χ1n) is 9.51. The maximum absolute atomic E-state index is 5.76. The van der Waals surface area contributed by atoms with Crippen LogP contribution in [0.2, 0.25) is 0 Å². The number of hydrogen-bond donors (Lipinski definition) is 2. The Balaban J connectivity index is 0.00000210. The van der Waals surface area contributed by atoms with Crippen LogP contribution in [-0.2, 0) is 6.42 Å². The smallest absolute Gasteiger partial charge is 0.191 e. The number of rotatable bonds is 5. The molecule has 1 heterocycles. The fraction of sp³-hybridized carbons (Fsp3) is 0.409. The Morgan fingerprint density at radius 3 is 2.59 bits per heavy atom. The Kier molecular flexibility index (Phi) is 6.63. The molecule has 2 aliphatic rings. The van der Waals surface area contributed by atoms with Gasteiger partial charge in [-0.05, 0) is 36.3 Å². The lowest BCUT2D eigenvalue weighted by atomic mass is 9.96. The van der Waals surface area contributed by atoms with Crippen molar-refractivity contribution in [3.63, 3.8) is 0 Å². The molecule has 27 heavy (non-hydrogen) atoms. The molecule has 144 valence electrons. The Morgan fingerprint density at radius 2 is 1.85 bits per heavy atom. The lowest BCUT2D eigenvalue weighted by molar-refractivity contribution is 0.261. The predicted molar refractivity (Wildman–Crippen MR) is 121 cm³/mol. The second-order valence-corrected chi connectivity index (χ2v) is 7.46. The standard InChI is InChI=1S/C22H27N3O.HI/c1-23-21(25-19-11-14-26-20-10-6-5-9-18(19)20)24-16-22(12-13-22)15-17-7-3-2-4-8-17;/h2-10,19H,11-16H2,1H3,(H2,23,24,25);1H. The quantitative estimate of drug-likeness (QED) is 0.383. The van der Waals surface area contributed by atoms with Gasteiger partial charge < -0.3 is 15.4 Å². The van der Waals surface area contributed by atoms with Crippen molar-refractivity contribution in [1.82, 2.24) is 10.6 Å². The van der Waals surface area contributed by atoms with Crippen molar-refractivity contribution in [2.24, 2.45) is 10.4 Å². The fourth-order valence-corrected chi connectivity index (χ4v) is 3.74. The molecule has 4 nitrogen and oxygen atoms in total. The molecular formula is C22H28IN3O. The van der Waals surface area contributed by atoms with Crippen LogP contribution in [0.3, 0.4) is 0 Å². The van der Waals surface area contributed by atoms with Gasteiger partial charge in [0.05, 0.1) is 12.6 Å². The number of aliphatic imine (C=N–C) groups is 1. The minimum absolute atomic E-state index is 0. The van der Waals surface area contributed by atoms with Crippen molar-refractivity contribution in [2.75, 3.05) is 20.2 Å². The molecule has 1 aliphatic heterocycles. The highest BCUT2D eigenvalue weighted by Gasteiger charge is 2.42. The number of para-hydroxylation sites is 1. The van der Waals surface area contributed by atoms with Crippen molar-refractivity contribution in [3.05, 3.63) is 65.7 Å². The molecule has 2 aromatic carbocycles. The summed E-state index contributed by atoms with van der Waals surface area (Å²) >= 11 is 0. The molecule has 2 aromatic rings. The van der Waals surface area contributed by atoms with E-state index in [1.54, 1.807) is 0 Å². The van der Waals surface area contributed by atoms with Gasteiger partial charge in [-0.25, -0.2) is 0 Å². The van der Waals surface area contributed by atoms with Gasteiger partial charge in [0.25, 0.3) is 0 Å². The van der Waals surface area contributed by atoms with E-state index in [2.05, 4.69) is 58.1 Å². The number of benzene rings is 2. The van der Waals surface area contributed by atoms with Crippen molar-refractivity contribution in [3.8, 4) is 5.75 Å². The molecule has 5 heteroatoms. The van der Waals surface area contributed by atoms with E-state index in [0.29, 0.717) is 5.41 Å². The molecule has 0 amide bonds. The SMILES string of the molecule is CN=C(NCC1(Cc2ccccc2)CC1)NC1CCOc2ccccc21.I. The molecule has 0 saturated heterocycles. The second-order valence-electron chi connectivity index (χ2n) is 7.46. The van der Waals surface area contributed by atoms with Crippen LogP contribution in [0, 0.1) is 5.41 Å². The van der Waals surface area contributed by atoms with Gasteiger partial charge >= 0.3 is 0 Å². The Labute approximate surface area is 178 Å². The van der Waals surface area contributed by atoms with Crippen LogP contribution >= 0.6 is 24.0 Å². The number of fused-ring (bicyclic) bond motifs is 1. The van der Waals surface area contributed by atoms with Crippen molar-refractivity contribution >= 4 is 29.9 Å². The van der Waals surface area contributed by atoms with E-state index in [4.69, 9.17) is 4.74 Å². The van der Waals surface area contributed by atoms with Crippen molar-refractivity contribution in [2.45, 2.75) is 31.7 Å². The lowest BCUT2D eigenvalue weighted by Crippen LogP contribution is -2.43. The summed E-state index contributed by atoms with van der Waals surface area (Å²) in [6.07, 6.45) is 4.66. The number of nitrogens with zero attached hydrogens (tertiary/aromatic N) is 1. The molecule has 1 saturated carbocycles. The van der Waals surface area contributed by atoms with Gasteiger partial charge in [-0.15, -0.1) is 24.0 Å². The number of nitrogens with one attached hydrogen (secondary N) is 2. The van der Waals surface area contributed by atoms with Crippen LogP contribution in [0.5, 0.6) is 5.75 Å². The molecule has 1 aliphatic carbocycles. The third-order valence-electron chi connectivity index (χ3n) is 5.50. The van der Waals surface area contributed by atoms with Gasteiger partial charge in [-0.1, -0.05) is 48.5 Å². The van der Waals surface area contributed by atoms with E-state index < -0.39 is 0 Å². The zero-order valence-corrected chi connectivity index (χ0v) is 18.1. The molecule has 0 aromatic heterocycles. The molecule has 1 fully saturated rings. The number of ether oxygens (including phenoxy) is 1. The monoisotopic (exact) mass is 477 g/mol. The van der Waals surface area contributed by atoms with Gasteiger partial charge in [0.1, 0.15) is 5.75 Å². The van der Waals surface area contributed by atoms with Gasteiger partial charge in [-0.2, -0.15) is 0 Å². The Hall–Kier alpha value is -1.76. The number of hydrogen-bond acceptors (Lipinski definition) is 2. The van der Waals surface area contributed by atoms with Crippen molar-refractivity contribution < 1.29 is 4.74 Å². The Morgan fingerprint density at radius 1 is 1.11 bits per heavy atom. The summed E-state index contributed by atoms with van der Waals surface area (Å²) in [7, 11) is 1.84. The summed E-state index contributed by atoms with van der Waals surface area (Å²) in [6.45, 7) is 1.70. The van der Waals surface area contributed by atoms with Crippen LogP contribution in [0.25, 0.3) is 0 Å². The summed E-state index contributed by atoms with van der Waals surface area (Å²) in [5, 5.41) is 7.15. The van der Waals surface area contributed by atoms with Gasteiger partial charge in [0.2, 0.25) is 0 Å². The second kappa shape index (κ2) is 8.95. The fourth-order valence-electron chi connectivity index (χ4n) is 3.74. The van der Waals surface area contributed by atoms with E-state index >= 15 is 0 Å². The minimum atomic E-state index is 0. The zero-order chi connectivity index (χ0) is 17.8. The number of halogens is 1. The highest BCUT2D eigenvalue weighted by atomic mass is 127. The maximum atomic E-state index is 5.76. The summed E-state index contributed by atoms with van der Waals surface area (Å²) in [6, 6.07) is 19.3. The maximum Gasteiger partial charge on any atom is 0.191 e. The van der Waals surface area contributed by atoms with Crippen LogP contribution in [0.15, 0.2) is 59.6 Å². The largest absolute Gasteiger partial charge is 0.493 e. The van der Waals surface area contributed by atoms with Crippen LogP contribution in [-0.4, -0.2) is 26.2 Å².